The molecule has 27 heteroatoms. The van der Waals surface area contributed by atoms with E-state index in [1.54, 1.807) is 97.1 Å². The molecule has 27 nitrogen and oxygen atoms in total. The maximum atomic E-state index is 11.2. The predicted molar refractivity (Wildman–Crippen MR) is 340 cm³/mol. The van der Waals surface area contributed by atoms with E-state index in [1.807, 2.05) is 36.4 Å². The first-order valence-electron chi connectivity index (χ1n) is 31.4. The average Bonchev–Trinajstić information content (AvgIpc) is 1.62. The minimum atomic E-state index is -1.73. The first-order chi connectivity index (χ1) is 46.3. The zero-order valence-corrected chi connectivity index (χ0v) is 51.1. The van der Waals surface area contributed by atoms with E-state index in [2.05, 4.69) is 9.97 Å². The van der Waals surface area contributed by atoms with Crippen LogP contribution in [0.1, 0.15) is 29.2 Å². The summed E-state index contributed by atoms with van der Waals surface area (Å²) in [4.78, 5) is 18.2. The second-order valence-electron chi connectivity index (χ2n) is 24.7. The van der Waals surface area contributed by atoms with E-state index in [9.17, 15) is 81.7 Å². The molecule has 3 saturated heterocycles. The van der Waals surface area contributed by atoms with Crippen LogP contribution in [-0.4, -0.2) is 245 Å². The van der Waals surface area contributed by atoms with Gasteiger partial charge in [-0.15, -0.1) is 0 Å². The van der Waals surface area contributed by atoms with Crippen LogP contribution in [0.3, 0.4) is 0 Å². The number of rotatable bonds is 16. The number of hydrogen-bond donors (Lipinski definition) is 18. The molecule has 508 valence electrons. The van der Waals surface area contributed by atoms with Gasteiger partial charge < -0.3 is 125 Å². The number of nitrogens with zero attached hydrogens (tertiary/aromatic N) is 2. The van der Waals surface area contributed by atoms with Crippen LogP contribution >= 0.6 is 0 Å². The van der Waals surface area contributed by atoms with Crippen LogP contribution in [0.4, 0.5) is 0 Å². The van der Waals surface area contributed by atoms with Crippen molar-refractivity contribution in [3.05, 3.63) is 144 Å². The molecule has 7 aromatic rings. The topological polar surface area (TPSA) is 446 Å². The number of aryl methyl sites for hydroxylation is 2. The molecule has 0 amide bonds. The van der Waals surface area contributed by atoms with Crippen molar-refractivity contribution >= 4 is 34.2 Å². The summed E-state index contributed by atoms with van der Waals surface area (Å²) in [5.41, 5.74) is 8.40. The second kappa shape index (κ2) is 28.0. The molecule has 18 N–H and O–H groups in total. The quantitative estimate of drug-likeness (QED) is 0.0619. The normalized spacial score (nSPS) is 31.4. The fraction of sp³-hybridized carbons (Fsp3) is 0.391. The molecule has 3 aromatic heterocycles. The molecule has 96 heavy (non-hydrogen) atoms. The zero-order valence-electron chi connectivity index (χ0n) is 51.1. The summed E-state index contributed by atoms with van der Waals surface area (Å²) in [5.74, 6) is -0.0450. The molecule has 5 aliphatic heterocycles. The summed E-state index contributed by atoms with van der Waals surface area (Å²) >= 11 is 0. The van der Waals surface area contributed by atoms with Crippen molar-refractivity contribution in [2.75, 3.05) is 26.4 Å². The molecule has 8 bridgehead atoms. The lowest BCUT2D eigenvalue weighted by molar-refractivity contribution is -0.277. The van der Waals surface area contributed by atoms with Crippen molar-refractivity contribution in [2.45, 2.75) is 136 Å². The van der Waals surface area contributed by atoms with E-state index in [0.29, 0.717) is 102 Å². The minimum Gasteiger partial charge on any atom is -0.488 e. The Bertz CT molecular complexity index is 3890. The van der Waals surface area contributed by atoms with Crippen LogP contribution in [-0.2, 0) is 27.1 Å². The fourth-order valence-electron chi connectivity index (χ4n) is 13.3. The van der Waals surface area contributed by atoms with E-state index in [-0.39, 0.29) is 29.4 Å². The van der Waals surface area contributed by atoms with Crippen LogP contribution in [0.15, 0.2) is 121 Å². The molecule has 1 aliphatic carbocycles. The third kappa shape index (κ3) is 12.9. The summed E-state index contributed by atoms with van der Waals surface area (Å²) in [5, 5.41) is 170. The molecule has 1 saturated carbocycles. The molecule has 0 unspecified atom stereocenters. The summed E-state index contributed by atoms with van der Waals surface area (Å²) in [6.07, 6.45) is -24.9. The van der Waals surface area contributed by atoms with Gasteiger partial charge in [-0.05, 0) is 126 Å². The molecule has 0 radical (unpaired) electrons. The van der Waals surface area contributed by atoms with Crippen molar-refractivity contribution in [1.29, 1.82) is 0 Å². The van der Waals surface area contributed by atoms with Crippen LogP contribution in [0.25, 0.3) is 78.7 Å². The largest absolute Gasteiger partial charge is 0.488 e. The van der Waals surface area contributed by atoms with E-state index in [1.165, 1.54) is 0 Å². The van der Waals surface area contributed by atoms with Crippen LogP contribution < -0.4 is 18.9 Å². The Labute approximate surface area is 546 Å². The summed E-state index contributed by atoms with van der Waals surface area (Å²) in [7, 11) is 0. The van der Waals surface area contributed by atoms with Gasteiger partial charge in [-0.2, -0.15) is 0 Å². The van der Waals surface area contributed by atoms with Gasteiger partial charge in [0.25, 0.3) is 0 Å². The minimum absolute atomic E-state index is 0.0198. The third-order valence-corrected chi connectivity index (χ3v) is 18.5. The molecular formula is C69H74N4O23. The van der Waals surface area contributed by atoms with Gasteiger partial charge in [0.1, 0.15) is 115 Å². The Kier molecular flexibility index (Phi) is 19.4. The first-order valence-corrected chi connectivity index (χ1v) is 31.4. The highest BCUT2D eigenvalue weighted by atomic mass is 16.7. The number of fused-ring (bicyclic) bond motifs is 8. The Hall–Kier alpha value is -7.82. The predicted octanol–water partition coefficient (Wildman–Crippen LogP) is 0.317. The molecule has 13 rings (SSSR count). The number of aliphatic hydroxyl groups excluding tert-OH is 16. The number of aromatic amines is 2. The van der Waals surface area contributed by atoms with Gasteiger partial charge in [0.2, 0.25) is 18.9 Å². The van der Waals surface area contributed by atoms with E-state index in [4.69, 9.17) is 43.1 Å². The van der Waals surface area contributed by atoms with Crippen molar-refractivity contribution in [3.8, 4) is 67.5 Å². The van der Waals surface area contributed by atoms with Crippen molar-refractivity contribution < 1.29 is 115 Å². The van der Waals surface area contributed by atoms with Crippen LogP contribution in [0, 0.1) is 5.92 Å². The maximum Gasteiger partial charge on any atom is 0.229 e. The van der Waals surface area contributed by atoms with Crippen molar-refractivity contribution in [2.24, 2.45) is 5.92 Å². The standard InChI is InChI=1S/C69H74N4O23/c74-26-34-25-47(56(79)60(83)55(34)78)90-35-9-1-5-30(21-35)51-39-13-15-41(70-39)52(31-6-2-10-36(22-31)91-67-64(87)61(84)57(80)48(27-75)94-67)43-17-19-45(72-43)54(33-8-4-12-38(24-33)93-69-66(89)63(86)59(82)50(29-77)96-69)46-20-18-44(73-46)53(42-16-14-40(51)71-42)32-7-3-11-37(23-32)92-68-65(88)62(85)58(81)49(28-76)95-68/h1-13,15,17-24,34,47-50,55-70,73-89H,14,16,25-29H2/t34-,47-,48-,49-,50+,55-,56+,57-,58-,59+,60+,61+,62+,63-,64-,65-,66+,67-,68-,69+/m1/s1. The van der Waals surface area contributed by atoms with Gasteiger partial charge in [-0.25, -0.2) is 4.98 Å². The number of benzene rings is 4. The van der Waals surface area contributed by atoms with Gasteiger partial charge in [0.15, 0.2) is 0 Å². The highest BCUT2D eigenvalue weighted by Crippen LogP contribution is 2.42. The van der Waals surface area contributed by atoms with Gasteiger partial charge >= 0.3 is 0 Å². The van der Waals surface area contributed by atoms with Crippen LogP contribution in [0.5, 0.6) is 23.0 Å². The number of H-pyrrole nitrogens is 2. The monoisotopic (exact) mass is 1330 g/mol. The highest BCUT2D eigenvalue weighted by molar-refractivity contribution is 5.97. The number of hydrogen-bond acceptors (Lipinski definition) is 25. The summed E-state index contributed by atoms with van der Waals surface area (Å²) in [6.45, 7) is -2.53. The maximum absolute atomic E-state index is 11.2. The molecule has 0 spiro atoms. The SMILES string of the molecule is OC[C@H]1C[C@@H](Oc2cccc(-c3c4nc(c(-c5cccc(O[C@@H]6O[C@H](CO)[C@@H](O)[C@H](O)[C@H]6O)c5)c5ccc([nH]5)c(-c5cccc(O[C@H]6O[C@@H](CO)[C@H](O)[C@@H](O)[C@@H]6O)c5)c5nc(c(-c6cccc(O[C@@H]7O[C@H](CO)[C@@H](O)[C@H](O)[C@H]7O)c6)c6ccc3[nH]6)C=C5)CC4)c2)[C@H](O)[C@@H](O)[C@@H]1O. The third-order valence-electron chi connectivity index (χ3n) is 18.5. The number of nitrogens with one attached hydrogen (secondary N) is 2. The molecule has 4 fully saturated rings. The summed E-state index contributed by atoms with van der Waals surface area (Å²) < 4.78 is 42.2. The van der Waals surface area contributed by atoms with Crippen molar-refractivity contribution in [3.63, 3.8) is 0 Å². The lowest BCUT2D eigenvalue weighted by Gasteiger charge is -2.39. The molecule has 20 atom stereocenters. The van der Waals surface area contributed by atoms with Gasteiger partial charge in [0, 0.05) is 56.8 Å². The Balaban J connectivity index is 1.03. The number of aliphatic hydroxyl groups is 16. The Morgan fingerprint density at radius 2 is 0.688 bits per heavy atom. The summed E-state index contributed by atoms with van der Waals surface area (Å²) in [6, 6.07) is 34.8. The Morgan fingerprint density at radius 1 is 0.354 bits per heavy atom. The lowest BCUT2D eigenvalue weighted by Crippen LogP contribution is -2.60. The van der Waals surface area contributed by atoms with Gasteiger partial charge in [0.05, 0.1) is 48.7 Å². The number of ether oxygens (including phenoxy) is 7. The lowest BCUT2D eigenvalue weighted by atomic mass is 9.81. The highest BCUT2D eigenvalue weighted by Gasteiger charge is 2.48. The van der Waals surface area contributed by atoms with E-state index >= 15 is 0 Å². The van der Waals surface area contributed by atoms with Gasteiger partial charge in [-0.3, -0.25) is 4.98 Å². The Morgan fingerprint density at radius 3 is 1.04 bits per heavy atom. The molecule has 4 aromatic carbocycles. The van der Waals surface area contributed by atoms with E-state index in [0.717, 1.165) is 0 Å². The molecular weight excluding hydrogens is 1250 g/mol. The molecule has 8 heterocycles. The smallest absolute Gasteiger partial charge is 0.229 e. The fourth-order valence-corrected chi connectivity index (χ4v) is 13.3. The zero-order chi connectivity index (χ0) is 67.4. The van der Waals surface area contributed by atoms with Gasteiger partial charge in [-0.1, -0.05) is 48.5 Å². The second-order valence-corrected chi connectivity index (χ2v) is 24.7. The first kappa shape index (κ1) is 66.8. The van der Waals surface area contributed by atoms with Crippen LogP contribution in [0.2, 0.25) is 0 Å². The number of aromatic nitrogens is 4. The average molecular weight is 1330 g/mol. The van der Waals surface area contributed by atoms with Crippen molar-refractivity contribution in [1.82, 2.24) is 19.9 Å². The van der Waals surface area contributed by atoms with E-state index < -0.39 is 149 Å². The molecule has 6 aliphatic rings.